The van der Waals surface area contributed by atoms with E-state index in [-0.39, 0.29) is 5.91 Å². The molecule has 0 bridgehead atoms. The third-order valence-corrected chi connectivity index (χ3v) is 3.27. The number of hydrogen-bond donors (Lipinski definition) is 1. The molecule has 1 aliphatic heterocycles. The van der Waals surface area contributed by atoms with Crippen LogP contribution in [0.1, 0.15) is 33.1 Å². The lowest BCUT2D eigenvalue weighted by molar-refractivity contribution is -0.127. The molecular formula is C12H21N3O. The summed E-state index contributed by atoms with van der Waals surface area (Å²) in [5.74, 6) is -0.172. The first kappa shape index (κ1) is 13.0. The van der Waals surface area contributed by atoms with Gasteiger partial charge in [0, 0.05) is 12.6 Å². The summed E-state index contributed by atoms with van der Waals surface area (Å²) < 4.78 is 0. The number of amides is 1. The van der Waals surface area contributed by atoms with E-state index in [0.29, 0.717) is 12.6 Å². The van der Waals surface area contributed by atoms with Gasteiger partial charge in [-0.15, -0.1) is 0 Å². The Morgan fingerprint density at radius 2 is 2.25 bits per heavy atom. The van der Waals surface area contributed by atoms with Crippen molar-refractivity contribution in [3.05, 3.63) is 0 Å². The van der Waals surface area contributed by atoms with Gasteiger partial charge in [0.25, 0.3) is 0 Å². The van der Waals surface area contributed by atoms with Crippen LogP contribution in [0.15, 0.2) is 0 Å². The summed E-state index contributed by atoms with van der Waals surface area (Å²) in [5.41, 5.74) is -0.923. The van der Waals surface area contributed by atoms with Crippen LogP contribution >= 0.6 is 0 Å². The Labute approximate surface area is 97.6 Å². The fourth-order valence-electron chi connectivity index (χ4n) is 1.88. The molecule has 1 heterocycles. The van der Waals surface area contributed by atoms with Gasteiger partial charge in [-0.2, -0.15) is 5.26 Å². The van der Waals surface area contributed by atoms with Crippen LogP contribution in [0, 0.1) is 16.7 Å². The first-order valence-corrected chi connectivity index (χ1v) is 5.87. The Morgan fingerprint density at radius 1 is 1.56 bits per heavy atom. The summed E-state index contributed by atoms with van der Waals surface area (Å²) in [6, 6.07) is 2.44. The van der Waals surface area contributed by atoms with Crippen molar-refractivity contribution in [2.45, 2.75) is 39.2 Å². The van der Waals surface area contributed by atoms with Crippen LogP contribution in [0.5, 0.6) is 0 Å². The Balaban J connectivity index is 2.40. The first-order chi connectivity index (χ1) is 7.47. The number of nitrogens with zero attached hydrogens (tertiary/aromatic N) is 2. The van der Waals surface area contributed by atoms with Crippen LogP contribution < -0.4 is 5.32 Å². The molecule has 1 rings (SSSR count). The zero-order chi connectivity index (χ0) is 12.2. The summed E-state index contributed by atoms with van der Waals surface area (Å²) in [4.78, 5) is 14.0. The maximum absolute atomic E-state index is 11.7. The molecule has 0 saturated carbocycles. The fraction of sp³-hybridized carbons (Fsp3) is 0.833. The monoisotopic (exact) mass is 223 g/mol. The standard InChI is InChI=1S/C12H21N3O/c1-12(2,9-13)11(16)14-8-10-6-4-5-7-15(10)3/h10H,4-8H2,1-3H3,(H,14,16). The molecule has 1 amide bonds. The average molecular weight is 223 g/mol. The van der Waals surface area contributed by atoms with Gasteiger partial charge in [-0.3, -0.25) is 4.79 Å². The lowest BCUT2D eigenvalue weighted by Crippen LogP contribution is -2.47. The molecule has 0 aliphatic carbocycles. The topological polar surface area (TPSA) is 56.1 Å². The van der Waals surface area contributed by atoms with Gasteiger partial charge in [0.15, 0.2) is 0 Å². The van der Waals surface area contributed by atoms with Gasteiger partial charge in [-0.05, 0) is 40.3 Å². The lowest BCUT2D eigenvalue weighted by atomic mass is 9.94. The van der Waals surface area contributed by atoms with E-state index in [1.54, 1.807) is 13.8 Å². The zero-order valence-corrected chi connectivity index (χ0v) is 10.4. The maximum Gasteiger partial charge on any atom is 0.239 e. The molecule has 1 atom stereocenters. The van der Waals surface area contributed by atoms with Crippen molar-refractivity contribution >= 4 is 5.91 Å². The molecule has 0 radical (unpaired) electrons. The number of carbonyl (C=O) groups is 1. The molecule has 4 nitrogen and oxygen atoms in total. The first-order valence-electron chi connectivity index (χ1n) is 5.87. The van der Waals surface area contributed by atoms with Gasteiger partial charge in [0.05, 0.1) is 6.07 Å². The fourth-order valence-corrected chi connectivity index (χ4v) is 1.88. The van der Waals surface area contributed by atoms with Gasteiger partial charge < -0.3 is 10.2 Å². The van der Waals surface area contributed by atoms with E-state index in [4.69, 9.17) is 5.26 Å². The zero-order valence-electron chi connectivity index (χ0n) is 10.4. The molecule has 0 aromatic heterocycles. The van der Waals surface area contributed by atoms with Crippen LogP contribution in [0.4, 0.5) is 0 Å². The van der Waals surface area contributed by atoms with Crippen LogP contribution in [-0.2, 0) is 4.79 Å². The summed E-state index contributed by atoms with van der Waals surface area (Å²) in [6.07, 6.45) is 3.60. The number of nitrogens with one attached hydrogen (secondary N) is 1. The third-order valence-electron chi connectivity index (χ3n) is 3.27. The van der Waals surface area contributed by atoms with Crippen LogP contribution in [0.2, 0.25) is 0 Å². The largest absolute Gasteiger partial charge is 0.353 e. The second kappa shape index (κ2) is 5.31. The van der Waals surface area contributed by atoms with Crippen molar-refractivity contribution in [2.75, 3.05) is 20.1 Å². The Kier molecular flexibility index (Phi) is 4.31. The summed E-state index contributed by atoms with van der Waals surface area (Å²) in [6.45, 7) is 5.04. The van der Waals surface area contributed by atoms with E-state index in [2.05, 4.69) is 17.3 Å². The van der Waals surface area contributed by atoms with Crippen molar-refractivity contribution in [2.24, 2.45) is 5.41 Å². The Hall–Kier alpha value is -1.08. The summed E-state index contributed by atoms with van der Waals surface area (Å²) in [7, 11) is 2.09. The highest BCUT2D eigenvalue weighted by Gasteiger charge is 2.28. The van der Waals surface area contributed by atoms with Crippen molar-refractivity contribution in [1.29, 1.82) is 5.26 Å². The van der Waals surface area contributed by atoms with E-state index in [1.807, 2.05) is 6.07 Å². The Bertz CT molecular complexity index is 293. The number of carbonyl (C=O) groups excluding carboxylic acids is 1. The van der Waals surface area contributed by atoms with Gasteiger partial charge in [0.2, 0.25) is 5.91 Å². The number of hydrogen-bond acceptors (Lipinski definition) is 3. The van der Waals surface area contributed by atoms with Crippen LogP contribution in [-0.4, -0.2) is 37.0 Å². The van der Waals surface area contributed by atoms with Crippen LogP contribution in [0.3, 0.4) is 0 Å². The van der Waals surface area contributed by atoms with Gasteiger partial charge in [-0.1, -0.05) is 6.42 Å². The molecule has 1 unspecified atom stereocenters. The van der Waals surface area contributed by atoms with Crippen molar-refractivity contribution in [1.82, 2.24) is 10.2 Å². The average Bonchev–Trinajstić information content (AvgIpc) is 2.27. The SMILES string of the molecule is CN1CCCCC1CNC(=O)C(C)(C)C#N. The lowest BCUT2D eigenvalue weighted by Gasteiger charge is -2.33. The van der Waals surface area contributed by atoms with Gasteiger partial charge in [0.1, 0.15) is 5.41 Å². The molecule has 0 spiro atoms. The van der Waals surface area contributed by atoms with E-state index in [9.17, 15) is 4.79 Å². The normalized spacial score (nSPS) is 22.5. The Morgan fingerprint density at radius 3 is 2.81 bits per heavy atom. The number of piperidine rings is 1. The molecular weight excluding hydrogens is 202 g/mol. The van der Waals surface area contributed by atoms with Crippen LogP contribution in [0.25, 0.3) is 0 Å². The molecule has 1 aliphatic rings. The molecule has 4 heteroatoms. The predicted molar refractivity (Wildman–Crippen MR) is 62.7 cm³/mol. The smallest absolute Gasteiger partial charge is 0.239 e. The quantitative estimate of drug-likeness (QED) is 0.780. The minimum atomic E-state index is -0.923. The third kappa shape index (κ3) is 3.21. The summed E-state index contributed by atoms with van der Waals surface area (Å²) >= 11 is 0. The molecule has 1 fully saturated rings. The second-order valence-electron chi connectivity index (χ2n) is 5.08. The molecule has 1 saturated heterocycles. The van der Waals surface area contributed by atoms with E-state index >= 15 is 0 Å². The highest BCUT2D eigenvalue weighted by atomic mass is 16.2. The van der Waals surface area contributed by atoms with Crippen molar-refractivity contribution in [3.63, 3.8) is 0 Å². The number of likely N-dealkylation sites (tertiary alicyclic amines) is 1. The van der Waals surface area contributed by atoms with Gasteiger partial charge in [-0.25, -0.2) is 0 Å². The molecule has 1 N–H and O–H groups in total. The maximum atomic E-state index is 11.7. The molecule has 0 aromatic carbocycles. The van der Waals surface area contributed by atoms with E-state index in [0.717, 1.165) is 13.0 Å². The molecule has 0 aromatic rings. The van der Waals surface area contributed by atoms with Crippen molar-refractivity contribution < 1.29 is 4.79 Å². The molecule has 16 heavy (non-hydrogen) atoms. The van der Waals surface area contributed by atoms with E-state index < -0.39 is 5.41 Å². The minimum Gasteiger partial charge on any atom is -0.353 e. The van der Waals surface area contributed by atoms with E-state index in [1.165, 1.54) is 12.8 Å². The minimum absolute atomic E-state index is 0.172. The predicted octanol–water partition coefficient (Wildman–Crippen LogP) is 1.14. The highest BCUT2D eigenvalue weighted by Crippen LogP contribution is 2.16. The summed E-state index contributed by atoms with van der Waals surface area (Å²) in [5, 5.41) is 11.7. The number of nitriles is 1. The highest BCUT2D eigenvalue weighted by molar-refractivity contribution is 5.84. The second-order valence-corrected chi connectivity index (χ2v) is 5.08. The van der Waals surface area contributed by atoms with Crippen molar-refractivity contribution in [3.8, 4) is 6.07 Å². The van der Waals surface area contributed by atoms with Gasteiger partial charge >= 0.3 is 0 Å². The number of rotatable bonds is 3. The molecule has 90 valence electrons. The number of likely N-dealkylation sites (N-methyl/N-ethyl adjacent to an activating group) is 1.